The molecule has 1 aromatic carbocycles. The molecule has 0 spiro atoms. The van der Waals surface area contributed by atoms with Gasteiger partial charge in [0.15, 0.2) is 0 Å². The van der Waals surface area contributed by atoms with E-state index in [4.69, 9.17) is 5.73 Å². The number of nitrogens with one attached hydrogen (secondary N) is 1. The first kappa shape index (κ1) is 15.4. The number of halogens is 1. The number of nitrogens with two attached hydrogens (primary N) is 1. The molecule has 7 nitrogen and oxygen atoms in total. The minimum Gasteiger partial charge on any atom is -0.329 e. The third kappa shape index (κ3) is 4.80. The summed E-state index contributed by atoms with van der Waals surface area (Å²) in [6, 6.07) is 5.77. The van der Waals surface area contributed by atoms with Gasteiger partial charge in [0.25, 0.3) is 0 Å². The van der Waals surface area contributed by atoms with Crippen molar-refractivity contribution in [2.75, 3.05) is 17.6 Å². The summed E-state index contributed by atoms with van der Waals surface area (Å²) in [5.74, 6) is -0.0550. The Balaban J connectivity index is 1.78. The van der Waals surface area contributed by atoms with Crippen molar-refractivity contribution in [3.05, 3.63) is 30.1 Å². The highest BCUT2D eigenvalue weighted by molar-refractivity contribution is 7.99. The highest BCUT2D eigenvalue weighted by Crippen LogP contribution is 2.15. The molecule has 9 heteroatoms. The van der Waals surface area contributed by atoms with E-state index in [9.17, 15) is 9.18 Å². The Morgan fingerprint density at radius 2 is 2.33 bits per heavy atom. The summed E-state index contributed by atoms with van der Waals surface area (Å²) in [5.41, 5.74) is 5.89. The molecule has 0 atom stereocenters. The average molecular weight is 310 g/mol. The molecule has 0 saturated carbocycles. The first-order valence-corrected chi connectivity index (χ1v) is 7.32. The summed E-state index contributed by atoms with van der Waals surface area (Å²) >= 11 is 1.37. The number of carbonyl (C=O) groups is 1. The first-order chi connectivity index (χ1) is 10.2. The molecule has 0 aliphatic carbocycles. The van der Waals surface area contributed by atoms with Gasteiger partial charge in [-0.3, -0.25) is 4.79 Å². The van der Waals surface area contributed by atoms with Crippen LogP contribution < -0.4 is 11.1 Å². The van der Waals surface area contributed by atoms with Crippen LogP contribution in [0.25, 0.3) is 0 Å². The second-order valence-corrected chi connectivity index (χ2v) is 5.19. The van der Waals surface area contributed by atoms with E-state index in [0.717, 1.165) is 0 Å². The summed E-state index contributed by atoms with van der Waals surface area (Å²) in [6.07, 6.45) is 0.274. The van der Waals surface area contributed by atoms with E-state index < -0.39 is 0 Å². The molecule has 0 bridgehead atoms. The Bertz CT molecular complexity index is 605. The largest absolute Gasteiger partial charge is 0.329 e. The lowest BCUT2D eigenvalue weighted by Crippen LogP contribution is -2.14. The molecule has 1 aromatic heterocycles. The number of carbonyl (C=O) groups excluding carboxylic acids is 1. The van der Waals surface area contributed by atoms with Gasteiger partial charge >= 0.3 is 0 Å². The van der Waals surface area contributed by atoms with Gasteiger partial charge in [-0.15, -0.1) is 5.10 Å². The van der Waals surface area contributed by atoms with Gasteiger partial charge in [0, 0.05) is 24.4 Å². The molecule has 112 valence electrons. The van der Waals surface area contributed by atoms with Gasteiger partial charge in [-0.05, 0) is 28.6 Å². The van der Waals surface area contributed by atoms with Crippen molar-refractivity contribution < 1.29 is 9.18 Å². The fourth-order valence-corrected chi connectivity index (χ4v) is 2.43. The number of thioether (sulfide) groups is 1. The molecule has 1 heterocycles. The Morgan fingerprint density at radius 3 is 3.10 bits per heavy atom. The van der Waals surface area contributed by atoms with E-state index in [1.165, 1.54) is 23.9 Å². The number of hydrogen-bond acceptors (Lipinski definition) is 6. The van der Waals surface area contributed by atoms with Crippen molar-refractivity contribution in [1.29, 1.82) is 0 Å². The van der Waals surface area contributed by atoms with Crippen LogP contribution in [0, 0.1) is 5.82 Å². The molecular formula is C12H15FN6OS. The maximum Gasteiger partial charge on any atom is 0.225 e. The summed E-state index contributed by atoms with van der Waals surface area (Å²) in [5, 5.41) is 14.5. The topological polar surface area (TPSA) is 98.7 Å². The van der Waals surface area contributed by atoms with Gasteiger partial charge in [-0.1, -0.05) is 17.8 Å². The molecule has 2 aromatic rings. The van der Waals surface area contributed by atoms with Crippen molar-refractivity contribution in [3.63, 3.8) is 0 Å². The zero-order chi connectivity index (χ0) is 15.1. The lowest BCUT2D eigenvalue weighted by molar-refractivity contribution is -0.115. The number of aromatic nitrogens is 4. The van der Waals surface area contributed by atoms with Crippen LogP contribution in [0.1, 0.15) is 6.42 Å². The van der Waals surface area contributed by atoms with Gasteiger partial charge in [-0.2, -0.15) is 0 Å². The third-order valence-corrected chi connectivity index (χ3v) is 3.47. The molecule has 0 aliphatic rings. The zero-order valence-corrected chi connectivity index (χ0v) is 12.0. The minimum absolute atomic E-state index is 0.189. The quantitative estimate of drug-likeness (QED) is 0.737. The van der Waals surface area contributed by atoms with Crippen LogP contribution in [0.2, 0.25) is 0 Å². The molecule has 21 heavy (non-hydrogen) atoms. The van der Waals surface area contributed by atoms with Crippen LogP contribution in [0.3, 0.4) is 0 Å². The van der Waals surface area contributed by atoms with E-state index >= 15 is 0 Å². The van der Waals surface area contributed by atoms with E-state index in [0.29, 0.717) is 29.7 Å². The van der Waals surface area contributed by atoms with Crippen LogP contribution in [0.4, 0.5) is 10.1 Å². The van der Waals surface area contributed by atoms with Gasteiger partial charge in [-0.25, -0.2) is 9.07 Å². The lowest BCUT2D eigenvalue weighted by atomic mass is 10.3. The number of tetrazole rings is 1. The second-order valence-electron chi connectivity index (χ2n) is 4.13. The van der Waals surface area contributed by atoms with Gasteiger partial charge in [0.1, 0.15) is 5.82 Å². The van der Waals surface area contributed by atoms with Crippen molar-refractivity contribution in [2.24, 2.45) is 5.73 Å². The Kier molecular flexibility index (Phi) is 5.64. The fourth-order valence-electron chi connectivity index (χ4n) is 1.59. The van der Waals surface area contributed by atoms with Gasteiger partial charge < -0.3 is 11.1 Å². The smallest absolute Gasteiger partial charge is 0.225 e. The Labute approximate surface area is 125 Å². The van der Waals surface area contributed by atoms with Crippen LogP contribution in [-0.4, -0.2) is 38.4 Å². The van der Waals surface area contributed by atoms with Crippen LogP contribution >= 0.6 is 11.8 Å². The van der Waals surface area contributed by atoms with Gasteiger partial charge in [0.2, 0.25) is 11.1 Å². The highest BCUT2D eigenvalue weighted by atomic mass is 32.2. The molecule has 1 amide bonds. The predicted octanol–water partition coefficient (Wildman–Crippen LogP) is 0.892. The number of hydrogen-bond donors (Lipinski definition) is 2. The average Bonchev–Trinajstić information content (AvgIpc) is 2.87. The van der Waals surface area contributed by atoms with E-state index in [1.807, 2.05) is 0 Å². The summed E-state index contributed by atoms with van der Waals surface area (Å²) in [6.45, 7) is 0.976. The van der Waals surface area contributed by atoms with Gasteiger partial charge in [0.05, 0.1) is 6.54 Å². The van der Waals surface area contributed by atoms with Crippen molar-refractivity contribution in [2.45, 2.75) is 18.1 Å². The highest BCUT2D eigenvalue weighted by Gasteiger charge is 2.08. The summed E-state index contributed by atoms with van der Waals surface area (Å²) in [4.78, 5) is 11.7. The standard InChI is InChI=1S/C12H15FN6OS/c13-9-2-1-3-10(8-9)15-11(20)4-7-21-12-16-17-18-19(12)6-5-14/h1-3,8H,4-7,14H2,(H,15,20). The maximum absolute atomic E-state index is 13.0. The van der Waals surface area contributed by atoms with Crippen molar-refractivity contribution in [3.8, 4) is 0 Å². The van der Waals surface area contributed by atoms with Crippen LogP contribution in [-0.2, 0) is 11.3 Å². The number of anilines is 1. The van der Waals surface area contributed by atoms with Crippen molar-refractivity contribution in [1.82, 2.24) is 20.2 Å². The third-order valence-electron chi connectivity index (χ3n) is 2.51. The lowest BCUT2D eigenvalue weighted by Gasteiger charge is -2.05. The van der Waals surface area contributed by atoms with E-state index in [-0.39, 0.29) is 18.1 Å². The zero-order valence-electron chi connectivity index (χ0n) is 11.2. The molecular weight excluding hydrogens is 295 g/mol. The number of benzene rings is 1. The molecule has 0 aliphatic heterocycles. The van der Waals surface area contributed by atoms with E-state index in [1.54, 1.807) is 16.8 Å². The van der Waals surface area contributed by atoms with Crippen LogP contribution in [0.5, 0.6) is 0 Å². The first-order valence-electron chi connectivity index (χ1n) is 6.33. The second kappa shape index (κ2) is 7.70. The predicted molar refractivity (Wildman–Crippen MR) is 77.2 cm³/mol. The molecule has 3 N–H and O–H groups in total. The Morgan fingerprint density at radius 1 is 1.48 bits per heavy atom. The summed E-state index contributed by atoms with van der Waals surface area (Å²) in [7, 11) is 0. The summed E-state index contributed by atoms with van der Waals surface area (Å²) < 4.78 is 14.6. The maximum atomic E-state index is 13.0. The molecule has 0 fully saturated rings. The number of amides is 1. The molecule has 2 rings (SSSR count). The van der Waals surface area contributed by atoms with Crippen molar-refractivity contribution >= 4 is 23.4 Å². The molecule has 0 radical (unpaired) electrons. The normalized spacial score (nSPS) is 10.6. The monoisotopic (exact) mass is 310 g/mol. The Hall–Kier alpha value is -2.00. The minimum atomic E-state index is -0.386. The molecule has 0 saturated heterocycles. The fraction of sp³-hybridized carbons (Fsp3) is 0.333. The number of rotatable bonds is 7. The van der Waals surface area contributed by atoms with E-state index in [2.05, 4.69) is 20.8 Å². The van der Waals surface area contributed by atoms with Crippen LogP contribution in [0.15, 0.2) is 29.4 Å². The number of nitrogens with zero attached hydrogens (tertiary/aromatic N) is 4. The SMILES string of the molecule is NCCn1nnnc1SCCC(=O)Nc1cccc(F)c1. The molecule has 0 unspecified atom stereocenters.